The van der Waals surface area contributed by atoms with Gasteiger partial charge in [0.15, 0.2) is 0 Å². The average Bonchev–Trinajstić information content (AvgIpc) is 2.86. The van der Waals surface area contributed by atoms with Crippen molar-refractivity contribution in [2.75, 3.05) is 12.4 Å². The number of rotatable bonds is 4. The van der Waals surface area contributed by atoms with Crippen molar-refractivity contribution >= 4 is 22.2 Å². The van der Waals surface area contributed by atoms with Gasteiger partial charge in [0, 0.05) is 0 Å². The molecule has 5 heteroatoms. The van der Waals surface area contributed by atoms with Gasteiger partial charge in [0.2, 0.25) is 5.91 Å². The topological polar surface area (TPSA) is 62.1 Å². The lowest BCUT2D eigenvalue weighted by Gasteiger charge is -2.05. The Morgan fingerprint density at radius 1 is 1.47 bits per heavy atom. The summed E-state index contributed by atoms with van der Waals surface area (Å²) in [4.78, 5) is 11.9. The monoisotopic (exact) mass is 272 g/mol. The molecule has 96 valence electrons. The number of carbonyl (C=O) groups excluding carboxylic acids is 1. The molecule has 0 spiro atoms. The number of hydrogen-bond acceptors (Lipinski definition) is 4. The molecule has 0 bridgehead atoms. The zero-order chi connectivity index (χ0) is 13.7. The SMILES string of the molecule is COc1cccc(CC(=O)Nc2sccc2C#N)c1. The number of methoxy groups -OCH3 is 1. The normalized spacial score (nSPS) is 9.68. The number of benzene rings is 1. The standard InChI is InChI=1S/C14H12N2O2S/c1-18-12-4-2-3-10(7-12)8-13(17)16-14-11(9-15)5-6-19-14/h2-7H,8H2,1H3,(H,16,17). The summed E-state index contributed by atoms with van der Waals surface area (Å²) in [6, 6.07) is 11.1. The third-order valence-corrected chi connectivity index (χ3v) is 3.37. The molecule has 1 amide bonds. The first-order chi connectivity index (χ1) is 9.22. The van der Waals surface area contributed by atoms with Crippen LogP contribution in [0, 0.1) is 11.3 Å². The summed E-state index contributed by atoms with van der Waals surface area (Å²) in [5.74, 6) is 0.575. The predicted molar refractivity (Wildman–Crippen MR) is 74.4 cm³/mol. The van der Waals surface area contributed by atoms with Crippen molar-refractivity contribution in [3.8, 4) is 11.8 Å². The molecule has 0 aliphatic heterocycles. The number of anilines is 1. The highest BCUT2D eigenvalue weighted by atomic mass is 32.1. The third-order valence-electron chi connectivity index (χ3n) is 2.54. The first-order valence-electron chi connectivity index (χ1n) is 5.63. The Morgan fingerprint density at radius 3 is 3.05 bits per heavy atom. The molecule has 0 aliphatic carbocycles. The molecule has 1 aromatic heterocycles. The summed E-state index contributed by atoms with van der Waals surface area (Å²) in [6.45, 7) is 0. The van der Waals surface area contributed by atoms with Gasteiger partial charge in [-0.05, 0) is 29.1 Å². The van der Waals surface area contributed by atoms with Crippen LogP contribution in [0.25, 0.3) is 0 Å². The van der Waals surface area contributed by atoms with Crippen molar-refractivity contribution in [2.24, 2.45) is 0 Å². The maximum Gasteiger partial charge on any atom is 0.229 e. The maximum atomic E-state index is 11.9. The fraction of sp³-hybridized carbons (Fsp3) is 0.143. The molecule has 19 heavy (non-hydrogen) atoms. The first kappa shape index (κ1) is 13.1. The second kappa shape index (κ2) is 6.03. The molecular weight excluding hydrogens is 260 g/mol. The molecule has 0 radical (unpaired) electrons. The highest BCUT2D eigenvalue weighted by Crippen LogP contribution is 2.22. The van der Waals surface area contributed by atoms with Crippen LogP contribution in [0.4, 0.5) is 5.00 Å². The van der Waals surface area contributed by atoms with Gasteiger partial charge in [-0.25, -0.2) is 0 Å². The van der Waals surface area contributed by atoms with Gasteiger partial charge in [-0.2, -0.15) is 5.26 Å². The maximum absolute atomic E-state index is 11.9. The molecule has 0 atom stereocenters. The predicted octanol–water partition coefficient (Wildman–Crippen LogP) is 2.81. The second-order valence-corrected chi connectivity index (χ2v) is 4.77. The summed E-state index contributed by atoms with van der Waals surface area (Å²) < 4.78 is 5.11. The summed E-state index contributed by atoms with van der Waals surface area (Å²) in [6.07, 6.45) is 0.250. The van der Waals surface area contributed by atoms with Crippen molar-refractivity contribution in [2.45, 2.75) is 6.42 Å². The second-order valence-electron chi connectivity index (χ2n) is 3.85. The first-order valence-corrected chi connectivity index (χ1v) is 6.51. The van der Waals surface area contributed by atoms with E-state index in [-0.39, 0.29) is 12.3 Å². The quantitative estimate of drug-likeness (QED) is 0.931. The molecule has 2 aromatic rings. The molecule has 0 fully saturated rings. The zero-order valence-electron chi connectivity index (χ0n) is 10.3. The minimum absolute atomic E-state index is 0.146. The van der Waals surface area contributed by atoms with E-state index in [1.165, 1.54) is 11.3 Å². The van der Waals surface area contributed by atoms with E-state index in [4.69, 9.17) is 10.00 Å². The highest BCUT2D eigenvalue weighted by molar-refractivity contribution is 7.14. The van der Waals surface area contributed by atoms with Crippen molar-refractivity contribution in [1.29, 1.82) is 5.26 Å². The van der Waals surface area contributed by atoms with Gasteiger partial charge in [0.05, 0.1) is 19.1 Å². The van der Waals surface area contributed by atoms with E-state index in [1.54, 1.807) is 18.6 Å². The zero-order valence-corrected chi connectivity index (χ0v) is 11.2. The smallest absolute Gasteiger partial charge is 0.229 e. The fourth-order valence-corrected chi connectivity index (χ4v) is 2.39. The van der Waals surface area contributed by atoms with E-state index in [1.807, 2.05) is 30.3 Å². The number of thiophene rings is 1. The van der Waals surface area contributed by atoms with Crippen molar-refractivity contribution < 1.29 is 9.53 Å². The van der Waals surface area contributed by atoms with Crippen LogP contribution in [0.3, 0.4) is 0 Å². The van der Waals surface area contributed by atoms with Crippen LogP contribution in [0.5, 0.6) is 5.75 Å². The van der Waals surface area contributed by atoms with Crippen LogP contribution in [-0.2, 0) is 11.2 Å². The summed E-state index contributed by atoms with van der Waals surface area (Å²) in [5, 5.41) is 14.0. The summed E-state index contributed by atoms with van der Waals surface area (Å²) in [5.41, 5.74) is 1.36. The van der Waals surface area contributed by atoms with Gasteiger partial charge in [0.1, 0.15) is 16.8 Å². The van der Waals surface area contributed by atoms with Crippen LogP contribution in [-0.4, -0.2) is 13.0 Å². The molecule has 1 N–H and O–H groups in total. The Bertz CT molecular complexity index is 628. The van der Waals surface area contributed by atoms with Crippen LogP contribution in [0.15, 0.2) is 35.7 Å². The lowest BCUT2D eigenvalue weighted by atomic mass is 10.1. The minimum Gasteiger partial charge on any atom is -0.497 e. The Kier molecular flexibility index (Phi) is 4.16. The molecule has 0 aliphatic rings. The largest absolute Gasteiger partial charge is 0.497 e. The highest BCUT2D eigenvalue weighted by Gasteiger charge is 2.09. The number of nitrogens with one attached hydrogen (secondary N) is 1. The van der Waals surface area contributed by atoms with Crippen molar-refractivity contribution in [3.63, 3.8) is 0 Å². The van der Waals surface area contributed by atoms with Gasteiger partial charge < -0.3 is 10.1 Å². The molecule has 1 aromatic carbocycles. The average molecular weight is 272 g/mol. The van der Waals surface area contributed by atoms with E-state index < -0.39 is 0 Å². The van der Waals surface area contributed by atoms with Crippen molar-refractivity contribution in [1.82, 2.24) is 0 Å². The van der Waals surface area contributed by atoms with E-state index in [2.05, 4.69) is 5.32 Å². The van der Waals surface area contributed by atoms with Gasteiger partial charge in [0.25, 0.3) is 0 Å². The van der Waals surface area contributed by atoms with Gasteiger partial charge >= 0.3 is 0 Å². The fourth-order valence-electron chi connectivity index (χ4n) is 1.63. The van der Waals surface area contributed by atoms with Crippen LogP contribution >= 0.6 is 11.3 Å². The van der Waals surface area contributed by atoms with Gasteiger partial charge in [-0.15, -0.1) is 11.3 Å². The van der Waals surface area contributed by atoms with Crippen molar-refractivity contribution in [3.05, 3.63) is 46.8 Å². The van der Waals surface area contributed by atoms with E-state index in [0.29, 0.717) is 10.6 Å². The number of nitriles is 1. The Morgan fingerprint density at radius 2 is 2.32 bits per heavy atom. The van der Waals surface area contributed by atoms with Crippen LogP contribution in [0.1, 0.15) is 11.1 Å². The van der Waals surface area contributed by atoms with Gasteiger partial charge in [-0.3, -0.25) is 4.79 Å². The summed E-state index contributed by atoms with van der Waals surface area (Å²) >= 11 is 1.34. The number of hydrogen-bond donors (Lipinski definition) is 1. The number of amides is 1. The molecule has 0 saturated carbocycles. The molecule has 2 rings (SSSR count). The molecule has 0 saturated heterocycles. The number of carbonyl (C=O) groups is 1. The molecular formula is C14H12N2O2S. The van der Waals surface area contributed by atoms with Crippen LogP contribution < -0.4 is 10.1 Å². The van der Waals surface area contributed by atoms with E-state index in [0.717, 1.165) is 11.3 Å². The molecule has 4 nitrogen and oxygen atoms in total. The number of nitrogens with zero attached hydrogens (tertiary/aromatic N) is 1. The van der Waals surface area contributed by atoms with Gasteiger partial charge in [-0.1, -0.05) is 12.1 Å². The summed E-state index contributed by atoms with van der Waals surface area (Å²) in [7, 11) is 1.59. The number of ether oxygens (including phenoxy) is 1. The lowest BCUT2D eigenvalue weighted by Crippen LogP contribution is -2.14. The Hall–Kier alpha value is -2.32. The van der Waals surface area contributed by atoms with E-state index >= 15 is 0 Å². The Labute approximate surface area is 115 Å². The molecule has 1 heterocycles. The lowest BCUT2D eigenvalue weighted by molar-refractivity contribution is -0.115. The Balaban J connectivity index is 2.03. The minimum atomic E-state index is -0.146. The van der Waals surface area contributed by atoms with Crippen LogP contribution in [0.2, 0.25) is 0 Å². The molecule has 0 unspecified atom stereocenters. The van der Waals surface area contributed by atoms with E-state index in [9.17, 15) is 4.79 Å². The third kappa shape index (κ3) is 3.33.